The zero-order chi connectivity index (χ0) is 14.9. The normalized spacial score (nSPS) is 16.3. The Morgan fingerprint density at radius 3 is 2.77 bits per heavy atom. The minimum Gasteiger partial charge on any atom is -0.378 e. The molecule has 0 bridgehead atoms. The van der Waals surface area contributed by atoms with Crippen LogP contribution in [0, 0.1) is 0 Å². The quantitative estimate of drug-likeness (QED) is 0.453. The molecule has 1 N–H and O–H groups in total. The van der Waals surface area contributed by atoms with Crippen LogP contribution in [0.2, 0.25) is 0 Å². The SMILES string of the molecule is CCOC1CCN(C(=NC)NCCc2ccccn2)CC1.I. The van der Waals surface area contributed by atoms with Gasteiger partial charge in [0.15, 0.2) is 5.96 Å². The van der Waals surface area contributed by atoms with E-state index < -0.39 is 0 Å². The Morgan fingerprint density at radius 1 is 1.41 bits per heavy atom. The smallest absolute Gasteiger partial charge is 0.193 e. The van der Waals surface area contributed by atoms with Crippen molar-refractivity contribution in [3.63, 3.8) is 0 Å². The topological polar surface area (TPSA) is 49.8 Å². The van der Waals surface area contributed by atoms with Crippen molar-refractivity contribution in [3.8, 4) is 0 Å². The Balaban J connectivity index is 0.00000242. The van der Waals surface area contributed by atoms with Crippen molar-refractivity contribution in [2.75, 3.05) is 33.3 Å². The van der Waals surface area contributed by atoms with Crippen LogP contribution in [0.25, 0.3) is 0 Å². The number of rotatable bonds is 5. The van der Waals surface area contributed by atoms with Gasteiger partial charge in [0.2, 0.25) is 0 Å². The summed E-state index contributed by atoms with van der Waals surface area (Å²) in [5.41, 5.74) is 1.11. The highest BCUT2D eigenvalue weighted by Crippen LogP contribution is 2.13. The molecule has 1 aromatic heterocycles. The van der Waals surface area contributed by atoms with Crippen LogP contribution >= 0.6 is 24.0 Å². The van der Waals surface area contributed by atoms with Crippen LogP contribution in [0.5, 0.6) is 0 Å². The van der Waals surface area contributed by atoms with Crippen LogP contribution < -0.4 is 5.32 Å². The summed E-state index contributed by atoms with van der Waals surface area (Å²) < 4.78 is 5.69. The molecule has 0 radical (unpaired) electrons. The molecule has 1 aliphatic heterocycles. The number of likely N-dealkylation sites (tertiary alicyclic amines) is 1. The van der Waals surface area contributed by atoms with Crippen LogP contribution in [-0.4, -0.2) is 55.2 Å². The second-order valence-corrected chi connectivity index (χ2v) is 5.19. The zero-order valence-corrected chi connectivity index (χ0v) is 15.8. The Morgan fingerprint density at radius 2 is 2.18 bits per heavy atom. The maximum atomic E-state index is 5.69. The van der Waals surface area contributed by atoms with E-state index >= 15 is 0 Å². The molecular weight excluding hydrogens is 391 g/mol. The maximum absolute atomic E-state index is 5.69. The average Bonchev–Trinajstić information content (AvgIpc) is 2.54. The molecule has 1 aromatic rings. The Kier molecular flexibility index (Phi) is 9.38. The van der Waals surface area contributed by atoms with Gasteiger partial charge in [-0.1, -0.05) is 6.07 Å². The third-order valence-electron chi connectivity index (χ3n) is 3.75. The zero-order valence-electron chi connectivity index (χ0n) is 13.5. The number of hydrogen-bond acceptors (Lipinski definition) is 3. The van der Waals surface area contributed by atoms with Gasteiger partial charge in [-0.3, -0.25) is 9.98 Å². The minimum absolute atomic E-state index is 0. The van der Waals surface area contributed by atoms with Crippen molar-refractivity contribution in [3.05, 3.63) is 30.1 Å². The van der Waals surface area contributed by atoms with Gasteiger partial charge >= 0.3 is 0 Å². The summed E-state index contributed by atoms with van der Waals surface area (Å²) in [5.74, 6) is 0.987. The van der Waals surface area contributed by atoms with E-state index in [4.69, 9.17) is 4.74 Å². The van der Waals surface area contributed by atoms with Crippen LogP contribution in [-0.2, 0) is 11.2 Å². The molecule has 0 spiro atoms. The molecule has 0 amide bonds. The number of pyridine rings is 1. The summed E-state index contributed by atoms with van der Waals surface area (Å²) in [6.07, 6.45) is 5.32. The highest BCUT2D eigenvalue weighted by molar-refractivity contribution is 14.0. The summed E-state index contributed by atoms with van der Waals surface area (Å²) in [6.45, 7) is 5.74. The van der Waals surface area contributed by atoms with Crippen molar-refractivity contribution in [1.82, 2.24) is 15.2 Å². The summed E-state index contributed by atoms with van der Waals surface area (Å²) >= 11 is 0. The van der Waals surface area contributed by atoms with Crippen molar-refractivity contribution in [1.29, 1.82) is 0 Å². The largest absolute Gasteiger partial charge is 0.378 e. The van der Waals surface area contributed by atoms with E-state index in [9.17, 15) is 0 Å². The summed E-state index contributed by atoms with van der Waals surface area (Å²) in [6, 6.07) is 6.02. The number of aromatic nitrogens is 1. The third kappa shape index (κ3) is 6.08. The number of aliphatic imine (C=N–C) groups is 1. The molecule has 0 aromatic carbocycles. The van der Waals surface area contributed by atoms with Crippen molar-refractivity contribution in [2.45, 2.75) is 32.3 Å². The molecule has 2 heterocycles. The third-order valence-corrected chi connectivity index (χ3v) is 3.75. The standard InChI is InChI=1S/C16H26N4O.HI/c1-3-21-15-8-12-20(13-9-15)16(17-2)19-11-7-14-6-4-5-10-18-14;/h4-6,10,15H,3,7-9,11-13H2,1-2H3,(H,17,19);1H. The van der Waals surface area contributed by atoms with E-state index in [0.717, 1.165) is 57.2 Å². The highest BCUT2D eigenvalue weighted by Gasteiger charge is 2.21. The van der Waals surface area contributed by atoms with Gasteiger partial charge in [0.25, 0.3) is 0 Å². The molecule has 0 saturated carbocycles. The van der Waals surface area contributed by atoms with E-state index in [2.05, 4.69) is 33.2 Å². The molecular formula is C16H27IN4O. The molecule has 2 rings (SSSR count). The Bertz CT molecular complexity index is 433. The Hall–Kier alpha value is -0.890. The van der Waals surface area contributed by atoms with Gasteiger partial charge in [-0.25, -0.2) is 0 Å². The van der Waals surface area contributed by atoms with Crippen LogP contribution in [0.3, 0.4) is 0 Å². The van der Waals surface area contributed by atoms with E-state index in [1.165, 1.54) is 0 Å². The second kappa shape index (κ2) is 10.8. The fraction of sp³-hybridized carbons (Fsp3) is 0.625. The van der Waals surface area contributed by atoms with E-state index in [-0.39, 0.29) is 24.0 Å². The number of guanidine groups is 1. The van der Waals surface area contributed by atoms with Gasteiger partial charge < -0.3 is 15.0 Å². The second-order valence-electron chi connectivity index (χ2n) is 5.19. The first kappa shape index (κ1) is 19.2. The number of ether oxygens (including phenoxy) is 1. The van der Waals surface area contributed by atoms with Crippen LogP contribution in [0.4, 0.5) is 0 Å². The van der Waals surface area contributed by atoms with Crippen LogP contribution in [0.15, 0.2) is 29.4 Å². The van der Waals surface area contributed by atoms with Gasteiger partial charge in [0, 0.05) is 51.6 Å². The van der Waals surface area contributed by atoms with Gasteiger partial charge in [-0.2, -0.15) is 0 Å². The lowest BCUT2D eigenvalue weighted by Gasteiger charge is -2.34. The Labute approximate surface area is 150 Å². The fourth-order valence-corrected chi connectivity index (χ4v) is 2.65. The molecule has 0 unspecified atom stereocenters. The lowest BCUT2D eigenvalue weighted by molar-refractivity contribution is 0.0264. The summed E-state index contributed by atoms with van der Waals surface area (Å²) in [7, 11) is 1.84. The number of nitrogens with zero attached hydrogens (tertiary/aromatic N) is 3. The molecule has 0 atom stereocenters. The molecule has 1 saturated heterocycles. The molecule has 6 heteroatoms. The molecule has 0 aliphatic carbocycles. The first-order valence-electron chi connectivity index (χ1n) is 7.80. The van der Waals surface area contributed by atoms with Gasteiger partial charge in [0.1, 0.15) is 0 Å². The molecule has 1 fully saturated rings. The van der Waals surface area contributed by atoms with Gasteiger partial charge in [0.05, 0.1) is 6.10 Å². The average molecular weight is 418 g/mol. The lowest BCUT2D eigenvalue weighted by atomic mass is 10.1. The van der Waals surface area contributed by atoms with Gasteiger partial charge in [-0.05, 0) is 31.9 Å². The van der Waals surface area contributed by atoms with E-state index in [1.54, 1.807) is 0 Å². The highest BCUT2D eigenvalue weighted by atomic mass is 127. The van der Waals surface area contributed by atoms with Crippen LogP contribution in [0.1, 0.15) is 25.5 Å². The molecule has 124 valence electrons. The van der Waals surface area contributed by atoms with Crippen molar-refractivity contribution >= 4 is 29.9 Å². The van der Waals surface area contributed by atoms with E-state index in [0.29, 0.717) is 6.10 Å². The predicted octanol–water partition coefficient (Wildman–Crippen LogP) is 2.32. The number of nitrogens with one attached hydrogen (secondary N) is 1. The van der Waals surface area contributed by atoms with Crippen molar-refractivity contribution < 1.29 is 4.74 Å². The monoisotopic (exact) mass is 418 g/mol. The first-order valence-corrected chi connectivity index (χ1v) is 7.80. The number of halogens is 1. The molecule has 22 heavy (non-hydrogen) atoms. The first-order chi connectivity index (χ1) is 10.3. The van der Waals surface area contributed by atoms with Crippen molar-refractivity contribution in [2.24, 2.45) is 4.99 Å². The van der Waals surface area contributed by atoms with E-state index in [1.807, 2.05) is 25.4 Å². The minimum atomic E-state index is 0. The summed E-state index contributed by atoms with van der Waals surface area (Å²) in [4.78, 5) is 11.0. The molecule has 5 nitrogen and oxygen atoms in total. The number of piperidine rings is 1. The number of hydrogen-bond donors (Lipinski definition) is 1. The maximum Gasteiger partial charge on any atom is 0.193 e. The van der Waals surface area contributed by atoms with Gasteiger partial charge in [-0.15, -0.1) is 24.0 Å². The lowest BCUT2D eigenvalue weighted by Crippen LogP contribution is -2.47. The summed E-state index contributed by atoms with van der Waals surface area (Å²) in [5, 5.41) is 3.43. The fourth-order valence-electron chi connectivity index (χ4n) is 2.65. The molecule has 1 aliphatic rings. The predicted molar refractivity (Wildman–Crippen MR) is 101 cm³/mol.